The fraction of sp³-hybridized carbons (Fsp3) is 0.630. The second kappa shape index (κ2) is 9.48. The van der Waals surface area contributed by atoms with Gasteiger partial charge in [-0.3, -0.25) is 4.90 Å². The Labute approximate surface area is 188 Å². The van der Waals surface area contributed by atoms with Gasteiger partial charge in [-0.05, 0) is 42.9 Å². The van der Waals surface area contributed by atoms with E-state index >= 15 is 0 Å². The highest BCUT2D eigenvalue weighted by atomic mass is 16.5. The van der Waals surface area contributed by atoms with Crippen LogP contribution in [-0.2, 0) is 10.2 Å². The minimum absolute atomic E-state index is 0.118. The van der Waals surface area contributed by atoms with Crippen LogP contribution in [0.4, 0.5) is 5.69 Å². The summed E-state index contributed by atoms with van der Waals surface area (Å²) in [5.41, 5.74) is 4.06. The standard InChI is InChI=1S/C27H40N2O2/c1-5-29(15-16-30)18-21-12-13-22-25(19-9-7-6-8-10-19)28-24-14-11-20(27(2,3)4)17-23(24)26(22)31-21/h6-9,11,14,17,19,21-22,25-26,28,30H,5,10,12-13,15-16,18H2,1-4H3/t19?,21-,22+,25+,26+/m1/s1. The Kier molecular flexibility index (Phi) is 6.90. The lowest BCUT2D eigenvalue weighted by molar-refractivity contribution is -0.105. The molecule has 0 bridgehead atoms. The molecule has 0 amide bonds. The van der Waals surface area contributed by atoms with E-state index in [0.29, 0.717) is 17.9 Å². The van der Waals surface area contributed by atoms with Gasteiger partial charge >= 0.3 is 0 Å². The number of likely N-dealkylation sites (N-methyl/N-ethyl adjacent to an activating group) is 1. The van der Waals surface area contributed by atoms with Gasteiger partial charge in [-0.25, -0.2) is 0 Å². The molecule has 1 fully saturated rings. The number of aliphatic hydroxyl groups excluding tert-OH is 1. The summed E-state index contributed by atoms with van der Waals surface area (Å²) in [5.74, 6) is 0.989. The lowest BCUT2D eigenvalue weighted by atomic mass is 9.72. The third-order valence-corrected chi connectivity index (χ3v) is 7.36. The molecule has 0 aromatic heterocycles. The second-order valence-corrected chi connectivity index (χ2v) is 10.5. The van der Waals surface area contributed by atoms with Gasteiger partial charge in [0.05, 0.1) is 18.8 Å². The number of rotatable bonds is 6. The molecule has 3 aliphatic rings. The van der Waals surface area contributed by atoms with E-state index in [1.807, 2.05) is 0 Å². The number of benzene rings is 1. The predicted molar refractivity (Wildman–Crippen MR) is 128 cm³/mol. The molecule has 0 spiro atoms. The Bertz CT molecular complexity index is 810. The Morgan fingerprint density at radius 1 is 1.19 bits per heavy atom. The number of aliphatic hydroxyl groups is 1. The van der Waals surface area contributed by atoms with E-state index in [-0.39, 0.29) is 24.2 Å². The number of hydrogen-bond donors (Lipinski definition) is 2. The number of nitrogens with zero attached hydrogens (tertiary/aromatic N) is 1. The normalized spacial score (nSPS) is 30.1. The monoisotopic (exact) mass is 424 g/mol. The zero-order chi connectivity index (χ0) is 22.0. The van der Waals surface area contributed by atoms with E-state index in [9.17, 15) is 5.11 Å². The molecule has 1 aromatic rings. The summed E-state index contributed by atoms with van der Waals surface area (Å²) in [4.78, 5) is 2.31. The largest absolute Gasteiger partial charge is 0.395 e. The van der Waals surface area contributed by atoms with Gasteiger partial charge < -0.3 is 15.2 Å². The van der Waals surface area contributed by atoms with Crippen LogP contribution >= 0.6 is 0 Å². The Hall–Kier alpha value is -1.62. The summed E-state index contributed by atoms with van der Waals surface area (Å²) in [6.07, 6.45) is 12.7. The van der Waals surface area contributed by atoms with Crippen LogP contribution in [-0.4, -0.2) is 48.4 Å². The fourth-order valence-electron chi connectivity index (χ4n) is 5.49. The van der Waals surface area contributed by atoms with Gasteiger partial charge in [-0.15, -0.1) is 0 Å². The first-order chi connectivity index (χ1) is 14.9. The molecular formula is C27H40N2O2. The molecule has 1 saturated heterocycles. The number of anilines is 1. The van der Waals surface area contributed by atoms with Crippen LogP contribution in [0.1, 0.15) is 64.2 Å². The van der Waals surface area contributed by atoms with Crippen molar-refractivity contribution in [2.45, 2.75) is 70.6 Å². The van der Waals surface area contributed by atoms with Crippen molar-refractivity contribution >= 4 is 5.69 Å². The molecule has 1 aromatic carbocycles. The Morgan fingerprint density at radius 2 is 2.03 bits per heavy atom. The fourth-order valence-corrected chi connectivity index (χ4v) is 5.49. The van der Waals surface area contributed by atoms with Crippen LogP contribution in [0.25, 0.3) is 0 Å². The van der Waals surface area contributed by atoms with Crippen molar-refractivity contribution < 1.29 is 9.84 Å². The van der Waals surface area contributed by atoms with Crippen LogP contribution in [0, 0.1) is 11.8 Å². The minimum Gasteiger partial charge on any atom is -0.395 e. The molecule has 4 heteroatoms. The van der Waals surface area contributed by atoms with Crippen molar-refractivity contribution in [2.24, 2.45) is 11.8 Å². The molecule has 1 aliphatic carbocycles. The molecule has 1 unspecified atom stereocenters. The molecule has 5 atom stereocenters. The van der Waals surface area contributed by atoms with Crippen molar-refractivity contribution in [3.63, 3.8) is 0 Å². The quantitative estimate of drug-likeness (QED) is 0.670. The third kappa shape index (κ3) is 4.92. The summed E-state index contributed by atoms with van der Waals surface area (Å²) in [5, 5.41) is 13.3. The number of ether oxygens (including phenoxy) is 1. The summed E-state index contributed by atoms with van der Waals surface area (Å²) in [7, 11) is 0. The number of fused-ring (bicyclic) bond motifs is 3. The third-order valence-electron chi connectivity index (χ3n) is 7.36. The highest BCUT2D eigenvalue weighted by molar-refractivity contribution is 5.58. The Morgan fingerprint density at radius 3 is 2.71 bits per heavy atom. The highest BCUT2D eigenvalue weighted by Crippen LogP contribution is 2.48. The van der Waals surface area contributed by atoms with Crippen LogP contribution in [0.15, 0.2) is 42.5 Å². The number of allylic oxidation sites excluding steroid dienone is 3. The molecule has 2 aliphatic heterocycles. The second-order valence-electron chi connectivity index (χ2n) is 10.5. The maximum atomic E-state index is 9.40. The lowest BCUT2D eigenvalue weighted by Gasteiger charge is -2.48. The highest BCUT2D eigenvalue weighted by Gasteiger charge is 2.44. The zero-order valence-electron chi connectivity index (χ0n) is 19.7. The molecule has 0 radical (unpaired) electrons. The maximum absolute atomic E-state index is 9.40. The average Bonchev–Trinajstić information content (AvgIpc) is 2.77. The van der Waals surface area contributed by atoms with E-state index < -0.39 is 0 Å². The smallest absolute Gasteiger partial charge is 0.0897 e. The van der Waals surface area contributed by atoms with E-state index in [1.165, 1.54) is 23.2 Å². The van der Waals surface area contributed by atoms with Crippen molar-refractivity contribution in [3.05, 3.63) is 53.6 Å². The predicted octanol–water partition coefficient (Wildman–Crippen LogP) is 5.06. The molecule has 2 N–H and O–H groups in total. The van der Waals surface area contributed by atoms with E-state index in [2.05, 4.69) is 80.4 Å². The van der Waals surface area contributed by atoms with Gasteiger partial charge in [0.25, 0.3) is 0 Å². The van der Waals surface area contributed by atoms with Crippen LogP contribution in [0.5, 0.6) is 0 Å². The summed E-state index contributed by atoms with van der Waals surface area (Å²) >= 11 is 0. The summed E-state index contributed by atoms with van der Waals surface area (Å²) in [6.45, 7) is 11.8. The van der Waals surface area contributed by atoms with Gasteiger partial charge in [0.2, 0.25) is 0 Å². The van der Waals surface area contributed by atoms with Gasteiger partial charge in [-0.2, -0.15) is 0 Å². The molecule has 4 rings (SSSR count). The molecule has 4 nitrogen and oxygen atoms in total. The van der Waals surface area contributed by atoms with E-state index in [1.54, 1.807) is 0 Å². The van der Waals surface area contributed by atoms with Gasteiger partial charge in [0.15, 0.2) is 0 Å². The molecule has 2 heterocycles. The topological polar surface area (TPSA) is 44.7 Å². The van der Waals surface area contributed by atoms with E-state index in [0.717, 1.165) is 32.5 Å². The number of hydrogen-bond acceptors (Lipinski definition) is 4. The molecule has 170 valence electrons. The van der Waals surface area contributed by atoms with Crippen LogP contribution in [0.2, 0.25) is 0 Å². The van der Waals surface area contributed by atoms with Gasteiger partial charge in [0.1, 0.15) is 0 Å². The van der Waals surface area contributed by atoms with Crippen molar-refractivity contribution in [1.29, 1.82) is 0 Å². The first kappa shape index (κ1) is 22.6. The lowest BCUT2D eigenvalue weighted by Crippen LogP contribution is -2.48. The first-order valence-electron chi connectivity index (χ1n) is 12.1. The first-order valence-corrected chi connectivity index (χ1v) is 12.1. The van der Waals surface area contributed by atoms with Crippen molar-refractivity contribution in [1.82, 2.24) is 4.90 Å². The molecular weight excluding hydrogens is 384 g/mol. The summed E-state index contributed by atoms with van der Waals surface area (Å²) < 4.78 is 6.88. The Balaban J connectivity index is 1.63. The van der Waals surface area contributed by atoms with Gasteiger partial charge in [-0.1, -0.05) is 64.1 Å². The van der Waals surface area contributed by atoms with Gasteiger partial charge in [0, 0.05) is 42.2 Å². The van der Waals surface area contributed by atoms with E-state index in [4.69, 9.17) is 4.74 Å². The average molecular weight is 425 g/mol. The summed E-state index contributed by atoms with van der Waals surface area (Å²) in [6, 6.07) is 7.35. The zero-order valence-corrected chi connectivity index (χ0v) is 19.7. The number of nitrogens with one attached hydrogen (secondary N) is 1. The molecule has 0 saturated carbocycles. The SMILES string of the molecule is CCN(CCO)C[C@H]1CC[C@@H]2[C@H](O1)c1cc(C(C)(C)C)ccc1N[C@H]2C1C=CC=CC1. The van der Waals surface area contributed by atoms with Crippen molar-refractivity contribution in [3.8, 4) is 0 Å². The van der Waals surface area contributed by atoms with Crippen LogP contribution < -0.4 is 5.32 Å². The van der Waals surface area contributed by atoms with Crippen molar-refractivity contribution in [2.75, 3.05) is 31.6 Å². The maximum Gasteiger partial charge on any atom is 0.0897 e. The minimum atomic E-state index is 0.118. The molecule has 31 heavy (non-hydrogen) atoms. The van der Waals surface area contributed by atoms with Crippen LogP contribution in [0.3, 0.4) is 0 Å².